The minimum absolute atomic E-state index is 0.0472. The van der Waals surface area contributed by atoms with Gasteiger partial charge in [0.2, 0.25) is 0 Å². The first-order chi connectivity index (χ1) is 11.5. The number of alkyl halides is 4. The van der Waals surface area contributed by atoms with E-state index in [9.17, 15) is 21.6 Å². The molecule has 0 amide bonds. The lowest BCUT2D eigenvalue weighted by molar-refractivity contribution is -0.176. The van der Waals surface area contributed by atoms with E-state index in [1.54, 1.807) is 19.1 Å². The number of rotatable bonds is 6. The number of benzene rings is 1. The van der Waals surface area contributed by atoms with E-state index >= 15 is 0 Å². The number of hydrogen-bond donors (Lipinski definition) is 0. The Labute approximate surface area is 148 Å². The molecule has 1 aliphatic rings. The third-order valence-corrected chi connectivity index (χ3v) is 5.72. The highest BCUT2D eigenvalue weighted by Crippen LogP contribution is 2.28. The first kappa shape index (κ1) is 20.0. The fourth-order valence-corrected chi connectivity index (χ4v) is 3.86. The summed E-state index contributed by atoms with van der Waals surface area (Å²) in [6.45, 7) is -0.0960. The maximum Gasteiger partial charge on any atom is 0.411 e. The molecule has 1 aromatic carbocycles. The van der Waals surface area contributed by atoms with E-state index in [2.05, 4.69) is 9.89 Å². The van der Waals surface area contributed by atoms with Crippen LogP contribution in [0.15, 0.2) is 29.4 Å². The van der Waals surface area contributed by atoms with Crippen molar-refractivity contribution in [1.82, 2.24) is 0 Å². The van der Waals surface area contributed by atoms with Crippen LogP contribution < -0.4 is 0 Å². The van der Waals surface area contributed by atoms with Crippen molar-refractivity contribution in [1.29, 1.82) is 0 Å². The van der Waals surface area contributed by atoms with Crippen molar-refractivity contribution in [3.05, 3.63) is 35.4 Å². The molecular weight excluding hydrogens is 383 g/mol. The average molecular weight is 400 g/mol. The summed E-state index contributed by atoms with van der Waals surface area (Å²) < 4.78 is 66.2. The normalized spacial score (nSPS) is 21.1. The molecule has 0 saturated heterocycles. The highest BCUT2D eigenvalue weighted by Gasteiger charge is 2.39. The van der Waals surface area contributed by atoms with Crippen molar-refractivity contribution >= 4 is 26.5 Å². The fourth-order valence-electron chi connectivity index (χ4n) is 2.19. The standard InChI is InChI=1S/C15H17ClF3NO4S/c1-14(9-16)6-13(20-24-14)25(21,22)8-12-5-3-2-4-11(12)7-23-10-15(17,18)19/h2-5H,6-10H2,1H3. The predicted octanol–water partition coefficient (Wildman–Crippen LogP) is 3.41. The van der Waals surface area contributed by atoms with Crippen LogP contribution in [0.5, 0.6) is 0 Å². The molecule has 25 heavy (non-hydrogen) atoms. The zero-order valence-corrected chi connectivity index (χ0v) is 14.9. The number of sulfone groups is 1. The van der Waals surface area contributed by atoms with Gasteiger partial charge in [-0.15, -0.1) is 11.6 Å². The van der Waals surface area contributed by atoms with Crippen molar-refractivity contribution in [3.63, 3.8) is 0 Å². The van der Waals surface area contributed by atoms with Crippen LogP contribution in [-0.2, 0) is 31.8 Å². The van der Waals surface area contributed by atoms with Crippen LogP contribution in [0, 0.1) is 0 Å². The van der Waals surface area contributed by atoms with Crippen LogP contribution in [0.25, 0.3) is 0 Å². The Morgan fingerprint density at radius 2 is 1.96 bits per heavy atom. The second-order valence-corrected chi connectivity index (χ2v) is 8.23. The summed E-state index contributed by atoms with van der Waals surface area (Å²) in [4.78, 5) is 5.09. The van der Waals surface area contributed by atoms with Crippen molar-refractivity contribution in [2.24, 2.45) is 5.16 Å². The topological polar surface area (TPSA) is 65.0 Å². The van der Waals surface area contributed by atoms with Crippen molar-refractivity contribution in [3.8, 4) is 0 Å². The Kier molecular flexibility index (Phi) is 6.01. The lowest BCUT2D eigenvalue weighted by Gasteiger charge is -2.16. The van der Waals surface area contributed by atoms with Gasteiger partial charge in [0, 0.05) is 6.42 Å². The molecule has 1 aliphatic heterocycles. The summed E-state index contributed by atoms with van der Waals surface area (Å²) >= 11 is 5.74. The highest BCUT2D eigenvalue weighted by molar-refractivity contribution is 8.05. The fraction of sp³-hybridized carbons (Fsp3) is 0.533. The number of ether oxygens (including phenoxy) is 1. The highest BCUT2D eigenvalue weighted by atomic mass is 35.5. The molecule has 1 heterocycles. The summed E-state index contributed by atoms with van der Waals surface area (Å²) in [7, 11) is -3.78. The summed E-state index contributed by atoms with van der Waals surface area (Å²) in [5.74, 6) is -0.323. The molecule has 2 rings (SSSR count). The Hall–Kier alpha value is -1.32. The Balaban J connectivity index is 2.10. The van der Waals surface area contributed by atoms with E-state index in [0.29, 0.717) is 11.1 Å². The maximum absolute atomic E-state index is 12.5. The van der Waals surface area contributed by atoms with Gasteiger partial charge in [-0.1, -0.05) is 29.4 Å². The molecule has 1 atom stereocenters. The molecule has 0 aliphatic carbocycles. The first-order valence-electron chi connectivity index (χ1n) is 7.30. The van der Waals surface area contributed by atoms with Gasteiger partial charge >= 0.3 is 6.18 Å². The zero-order chi connectivity index (χ0) is 18.7. The predicted molar refractivity (Wildman–Crippen MR) is 87.0 cm³/mol. The van der Waals surface area contributed by atoms with Crippen LogP contribution in [0.1, 0.15) is 24.5 Å². The van der Waals surface area contributed by atoms with Gasteiger partial charge in [-0.2, -0.15) is 13.2 Å². The van der Waals surface area contributed by atoms with Crippen molar-refractivity contribution < 1.29 is 31.2 Å². The van der Waals surface area contributed by atoms with Gasteiger partial charge in [0.1, 0.15) is 6.61 Å². The monoisotopic (exact) mass is 399 g/mol. The molecule has 1 unspecified atom stereocenters. The van der Waals surface area contributed by atoms with Gasteiger partial charge in [-0.25, -0.2) is 8.42 Å². The molecule has 140 valence electrons. The summed E-state index contributed by atoms with van der Waals surface area (Å²) in [5.41, 5.74) is -0.152. The lowest BCUT2D eigenvalue weighted by Crippen LogP contribution is -2.28. The van der Waals surface area contributed by atoms with Crippen LogP contribution in [-0.4, -0.2) is 37.7 Å². The zero-order valence-electron chi connectivity index (χ0n) is 13.3. The summed E-state index contributed by atoms with van der Waals surface area (Å²) in [6, 6.07) is 6.26. The molecule has 0 radical (unpaired) electrons. The number of oxime groups is 1. The van der Waals surface area contributed by atoms with Crippen LogP contribution in [0.4, 0.5) is 13.2 Å². The Morgan fingerprint density at radius 3 is 2.52 bits per heavy atom. The van der Waals surface area contributed by atoms with Crippen LogP contribution >= 0.6 is 11.6 Å². The maximum atomic E-state index is 12.5. The molecule has 0 bridgehead atoms. The quantitative estimate of drug-likeness (QED) is 0.687. The molecular formula is C15H17ClF3NO4S. The molecule has 0 aromatic heterocycles. The molecule has 0 fully saturated rings. The molecule has 10 heteroatoms. The van der Waals surface area contributed by atoms with E-state index in [4.69, 9.17) is 16.4 Å². The number of halogens is 4. The van der Waals surface area contributed by atoms with E-state index in [1.165, 1.54) is 12.1 Å². The van der Waals surface area contributed by atoms with Gasteiger partial charge in [0.05, 0.1) is 18.2 Å². The molecule has 0 saturated carbocycles. The third-order valence-electron chi connectivity index (χ3n) is 3.52. The molecule has 1 aromatic rings. The van der Waals surface area contributed by atoms with Gasteiger partial charge in [0.15, 0.2) is 20.5 Å². The van der Waals surface area contributed by atoms with E-state index in [0.717, 1.165) is 0 Å². The number of hydrogen-bond acceptors (Lipinski definition) is 5. The smallest absolute Gasteiger partial charge is 0.387 e. The Bertz CT molecular complexity index is 751. The van der Waals surface area contributed by atoms with Crippen molar-refractivity contribution in [2.45, 2.75) is 37.5 Å². The second kappa shape index (κ2) is 7.51. The van der Waals surface area contributed by atoms with Crippen LogP contribution in [0.3, 0.4) is 0 Å². The Morgan fingerprint density at radius 1 is 1.32 bits per heavy atom. The molecule has 5 nitrogen and oxygen atoms in total. The lowest BCUT2D eigenvalue weighted by atomic mass is 10.1. The largest absolute Gasteiger partial charge is 0.411 e. The van der Waals surface area contributed by atoms with Gasteiger partial charge in [0.25, 0.3) is 0 Å². The van der Waals surface area contributed by atoms with E-state index in [1.807, 2.05) is 0 Å². The van der Waals surface area contributed by atoms with Gasteiger partial charge in [-0.3, -0.25) is 0 Å². The van der Waals surface area contributed by atoms with Crippen LogP contribution in [0.2, 0.25) is 0 Å². The third kappa shape index (κ3) is 5.58. The molecule has 0 spiro atoms. The van der Waals surface area contributed by atoms with Crippen molar-refractivity contribution in [2.75, 3.05) is 12.5 Å². The minimum atomic E-state index is -4.44. The number of nitrogens with zero attached hydrogens (tertiary/aromatic N) is 1. The first-order valence-corrected chi connectivity index (χ1v) is 9.48. The minimum Gasteiger partial charge on any atom is -0.387 e. The van der Waals surface area contributed by atoms with Gasteiger partial charge in [-0.05, 0) is 18.1 Å². The SMILES string of the molecule is CC1(CCl)CC(S(=O)(=O)Cc2ccccc2COCC(F)(F)F)=NO1. The second-order valence-electron chi connectivity index (χ2n) is 5.97. The summed E-state index contributed by atoms with van der Waals surface area (Å²) in [5, 5.41) is 3.49. The summed E-state index contributed by atoms with van der Waals surface area (Å²) in [6.07, 6.45) is -4.39. The average Bonchev–Trinajstić information content (AvgIpc) is 2.92. The van der Waals surface area contributed by atoms with E-state index in [-0.39, 0.29) is 24.0 Å². The molecule has 0 N–H and O–H groups in total. The van der Waals surface area contributed by atoms with E-state index < -0.39 is 34.0 Å². The van der Waals surface area contributed by atoms with Gasteiger partial charge < -0.3 is 9.57 Å².